The SMILES string of the molecule is CCC(C)(CBr)NC(=O)Cc1cccc(F)c1F. The molecule has 5 heteroatoms. The minimum atomic E-state index is -0.954. The van der Waals surface area contributed by atoms with Crippen molar-refractivity contribution in [3.63, 3.8) is 0 Å². The summed E-state index contributed by atoms with van der Waals surface area (Å²) >= 11 is 3.32. The molecule has 0 fully saturated rings. The van der Waals surface area contributed by atoms with E-state index < -0.39 is 11.6 Å². The molecular formula is C13H16BrF2NO. The Hall–Kier alpha value is -0.970. The van der Waals surface area contributed by atoms with Gasteiger partial charge in [0.25, 0.3) is 0 Å². The molecule has 0 saturated heterocycles. The van der Waals surface area contributed by atoms with E-state index in [0.717, 1.165) is 12.5 Å². The summed E-state index contributed by atoms with van der Waals surface area (Å²) in [6, 6.07) is 3.84. The molecule has 1 N–H and O–H groups in total. The molecule has 1 amide bonds. The fourth-order valence-corrected chi connectivity index (χ4v) is 1.99. The van der Waals surface area contributed by atoms with Crippen LogP contribution in [0.15, 0.2) is 18.2 Å². The summed E-state index contributed by atoms with van der Waals surface area (Å²) in [6.45, 7) is 3.84. The third kappa shape index (κ3) is 3.77. The number of carbonyl (C=O) groups is 1. The predicted octanol–water partition coefficient (Wildman–Crippen LogP) is 3.19. The van der Waals surface area contributed by atoms with Crippen LogP contribution in [0, 0.1) is 11.6 Å². The molecule has 0 aliphatic heterocycles. The maximum absolute atomic E-state index is 13.4. The van der Waals surface area contributed by atoms with Gasteiger partial charge in [0.15, 0.2) is 11.6 Å². The first-order valence-electron chi connectivity index (χ1n) is 5.71. The van der Waals surface area contributed by atoms with Gasteiger partial charge in [-0.1, -0.05) is 35.0 Å². The molecule has 0 aliphatic rings. The largest absolute Gasteiger partial charge is 0.350 e. The Morgan fingerprint density at radius 3 is 2.67 bits per heavy atom. The fourth-order valence-electron chi connectivity index (χ4n) is 1.46. The lowest BCUT2D eigenvalue weighted by atomic mass is 10.0. The van der Waals surface area contributed by atoms with Gasteiger partial charge in [-0.25, -0.2) is 8.78 Å². The van der Waals surface area contributed by atoms with Gasteiger partial charge in [-0.2, -0.15) is 0 Å². The Balaban J connectivity index is 2.74. The highest BCUT2D eigenvalue weighted by molar-refractivity contribution is 9.09. The number of benzene rings is 1. The number of amides is 1. The number of hydrogen-bond donors (Lipinski definition) is 1. The normalized spacial score (nSPS) is 14.1. The van der Waals surface area contributed by atoms with E-state index in [4.69, 9.17) is 0 Å². The summed E-state index contributed by atoms with van der Waals surface area (Å²) in [7, 11) is 0. The highest BCUT2D eigenvalue weighted by Gasteiger charge is 2.23. The quantitative estimate of drug-likeness (QED) is 0.830. The highest BCUT2D eigenvalue weighted by Crippen LogP contribution is 2.15. The number of rotatable bonds is 5. The van der Waals surface area contributed by atoms with Crippen molar-refractivity contribution >= 4 is 21.8 Å². The molecule has 0 spiro atoms. The van der Waals surface area contributed by atoms with E-state index in [-0.39, 0.29) is 23.4 Å². The van der Waals surface area contributed by atoms with E-state index in [9.17, 15) is 13.6 Å². The van der Waals surface area contributed by atoms with Gasteiger partial charge in [-0.15, -0.1) is 0 Å². The van der Waals surface area contributed by atoms with E-state index in [0.29, 0.717) is 5.33 Å². The van der Waals surface area contributed by atoms with Crippen molar-refractivity contribution in [1.29, 1.82) is 0 Å². The number of halogens is 3. The molecule has 1 unspecified atom stereocenters. The van der Waals surface area contributed by atoms with Gasteiger partial charge >= 0.3 is 0 Å². The van der Waals surface area contributed by atoms with Gasteiger partial charge in [0.2, 0.25) is 5.91 Å². The summed E-state index contributed by atoms with van der Waals surface area (Å²) < 4.78 is 26.4. The lowest BCUT2D eigenvalue weighted by molar-refractivity contribution is -0.122. The number of carbonyl (C=O) groups excluding carboxylic acids is 1. The minimum Gasteiger partial charge on any atom is -0.350 e. The van der Waals surface area contributed by atoms with Crippen LogP contribution in [0.2, 0.25) is 0 Å². The molecular weight excluding hydrogens is 304 g/mol. The van der Waals surface area contributed by atoms with E-state index in [1.807, 2.05) is 13.8 Å². The molecule has 0 aromatic heterocycles. The standard InChI is InChI=1S/C13H16BrF2NO/c1-3-13(2,8-14)17-11(18)7-9-5-4-6-10(15)12(9)16/h4-6H,3,7-8H2,1-2H3,(H,17,18). The van der Waals surface area contributed by atoms with Crippen molar-refractivity contribution in [2.45, 2.75) is 32.2 Å². The Labute approximate surface area is 114 Å². The van der Waals surface area contributed by atoms with Crippen LogP contribution >= 0.6 is 15.9 Å². The Morgan fingerprint density at radius 1 is 1.44 bits per heavy atom. The smallest absolute Gasteiger partial charge is 0.224 e. The Morgan fingerprint density at radius 2 is 2.11 bits per heavy atom. The van der Waals surface area contributed by atoms with Crippen LogP contribution in [0.4, 0.5) is 8.78 Å². The van der Waals surface area contributed by atoms with Crippen molar-refractivity contribution in [3.05, 3.63) is 35.4 Å². The summed E-state index contributed by atoms with van der Waals surface area (Å²) in [5, 5.41) is 3.42. The van der Waals surface area contributed by atoms with Crippen LogP contribution in [0.3, 0.4) is 0 Å². The molecule has 0 bridgehead atoms. The molecule has 0 aliphatic carbocycles. The second kappa shape index (κ2) is 6.27. The number of alkyl halides is 1. The lowest BCUT2D eigenvalue weighted by Gasteiger charge is -2.27. The zero-order valence-electron chi connectivity index (χ0n) is 10.4. The molecule has 0 saturated carbocycles. The molecule has 2 nitrogen and oxygen atoms in total. The van der Waals surface area contributed by atoms with Crippen LogP contribution in [0.25, 0.3) is 0 Å². The predicted molar refractivity (Wildman–Crippen MR) is 70.7 cm³/mol. The highest BCUT2D eigenvalue weighted by atomic mass is 79.9. The fraction of sp³-hybridized carbons (Fsp3) is 0.462. The molecule has 0 radical (unpaired) electrons. The molecule has 100 valence electrons. The topological polar surface area (TPSA) is 29.1 Å². The van der Waals surface area contributed by atoms with Gasteiger partial charge in [0.1, 0.15) is 0 Å². The van der Waals surface area contributed by atoms with Gasteiger partial charge in [-0.05, 0) is 19.4 Å². The van der Waals surface area contributed by atoms with Gasteiger partial charge in [-0.3, -0.25) is 4.79 Å². The molecule has 1 aromatic carbocycles. The third-order valence-corrected chi connectivity index (χ3v) is 4.14. The van der Waals surface area contributed by atoms with Crippen molar-refractivity contribution in [1.82, 2.24) is 5.32 Å². The van der Waals surface area contributed by atoms with Gasteiger partial charge in [0.05, 0.1) is 6.42 Å². The van der Waals surface area contributed by atoms with Crippen LogP contribution < -0.4 is 5.32 Å². The molecule has 0 heterocycles. The van der Waals surface area contributed by atoms with Crippen molar-refractivity contribution in [2.24, 2.45) is 0 Å². The van der Waals surface area contributed by atoms with E-state index in [1.165, 1.54) is 12.1 Å². The average molecular weight is 320 g/mol. The summed E-state index contributed by atoms with van der Waals surface area (Å²) in [5.41, 5.74) is -0.304. The van der Waals surface area contributed by atoms with Crippen LogP contribution in [0.5, 0.6) is 0 Å². The maximum atomic E-state index is 13.4. The van der Waals surface area contributed by atoms with Crippen molar-refractivity contribution in [2.75, 3.05) is 5.33 Å². The third-order valence-electron chi connectivity index (χ3n) is 2.90. The molecule has 1 atom stereocenters. The van der Waals surface area contributed by atoms with E-state index in [2.05, 4.69) is 21.2 Å². The summed E-state index contributed by atoms with van der Waals surface area (Å²) in [4.78, 5) is 11.8. The van der Waals surface area contributed by atoms with Gasteiger partial charge < -0.3 is 5.32 Å². The summed E-state index contributed by atoms with van der Waals surface area (Å²) in [5.74, 6) is -2.20. The first-order chi connectivity index (χ1) is 8.41. The van der Waals surface area contributed by atoms with Crippen LogP contribution in [0.1, 0.15) is 25.8 Å². The minimum absolute atomic E-state index is 0.0699. The Kier molecular flexibility index (Phi) is 5.26. The summed E-state index contributed by atoms with van der Waals surface area (Å²) in [6.07, 6.45) is 0.585. The molecule has 18 heavy (non-hydrogen) atoms. The first kappa shape index (κ1) is 15.1. The zero-order valence-corrected chi connectivity index (χ0v) is 12.0. The lowest BCUT2D eigenvalue weighted by Crippen LogP contribution is -2.47. The van der Waals surface area contributed by atoms with E-state index >= 15 is 0 Å². The molecule has 1 rings (SSSR count). The number of hydrogen-bond acceptors (Lipinski definition) is 1. The maximum Gasteiger partial charge on any atom is 0.224 e. The van der Waals surface area contributed by atoms with E-state index in [1.54, 1.807) is 0 Å². The molecule has 1 aromatic rings. The van der Waals surface area contributed by atoms with Crippen molar-refractivity contribution in [3.8, 4) is 0 Å². The second-order valence-corrected chi connectivity index (χ2v) is 5.05. The van der Waals surface area contributed by atoms with Crippen LogP contribution in [-0.4, -0.2) is 16.8 Å². The van der Waals surface area contributed by atoms with Crippen LogP contribution in [-0.2, 0) is 11.2 Å². The van der Waals surface area contributed by atoms with Crippen molar-refractivity contribution < 1.29 is 13.6 Å². The number of nitrogens with one attached hydrogen (secondary N) is 1. The first-order valence-corrected chi connectivity index (χ1v) is 6.84. The Bertz CT molecular complexity index is 433. The van der Waals surface area contributed by atoms with Gasteiger partial charge in [0, 0.05) is 16.4 Å². The second-order valence-electron chi connectivity index (χ2n) is 4.49. The monoisotopic (exact) mass is 319 g/mol. The zero-order chi connectivity index (χ0) is 13.8. The average Bonchev–Trinajstić information content (AvgIpc) is 2.34.